The number of amides is 1. The maximum atomic E-state index is 12.6. The van der Waals surface area contributed by atoms with Crippen LogP contribution in [0, 0.1) is 0 Å². The Bertz CT molecular complexity index is 456. The van der Waals surface area contributed by atoms with Crippen LogP contribution in [0.1, 0.15) is 37.7 Å². The highest BCUT2D eigenvalue weighted by atomic mass is 16.5. The lowest BCUT2D eigenvalue weighted by molar-refractivity contribution is -0.133. The predicted octanol–water partition coefficient (Wildman–Crippen LogP) is 2.36. The van der Waals surface area contributed by atoms with Gasteiger partial charge in [0.05, 0.1) is 13.5 Å². The quantitative estimate of drug-likeness (QED) is 0.875. The third kappa shape index (κ3) is 4.46. The third-order valence-electron chi connectivity index (χ3n) is 4.20. The monoisotopic (exact) mass is 290 g/mol. The zero-order valence-corrected chi connectivity index (χ0v) is 12.9. The van der Waals surface area contributed by atoms with Crippen molar-refractivity contribution < 1.29 is 9.53 Å². The van der Waals surface area contributed by atoms with Crippen LogP contribution in [0.2, 0.25) is 0 Å². The first-order chi connectivity index (χ1) is 10.2. The summed E-state index contributed by atoms with van der Waals surface area (Å²) >= 11 is 0. The van der Waals surface area contributed by atoms with Crippen molar-refractivity contribution in [1.82, 2.24) is 4.90 Å². The van der Waals surface area contributed by atoms with Gasteiger partial charge >= 0.3 is 0 Å². The average molecular weight is 290 g/mol. The second-order valence-electron chi connectivity index (χ2n) is 5.70. The number of methoxy groups -OCH3 is 1. The summed E-state index contributed by atoms with van der Waals surface area (Å²) in [6, 6.07) is 8.10. The molecule has 0 heterocycles. The molecule has 2 rings (SSSR count). The van der Waals surface area contributed by atoms with Crippen molar-refractivity contribution in [3.05, 3.63) is 29.8 Å². The molecule has 1 saturated carbocycles. The molecule has 0 aromatic heterocycles. The smallest absolute Gasteiger partial charge is 0.227 e. The summed E-state index contributed by atoms with van der Waals surface area (Å²) in [5, 5.41) is 0. The molecule has 0 saturated heterocycles. The van der Waals surface area contributed by atoms with Crippen LogP contribution in [0.25, 0.3) is 0 Å². The van der Waals surface area contributed by atoms with E-state index in [9.17, 15) is 4.79 Å². The molecule has 1 aromatic carbocycles. The van der Waals surface area contributed by atoms with Gasteiger partial charge in [-0.1, -0.05) is 31.4 Å². The standard InChI is InChI=1S/C17H26N2O2/c1-21-16-9-5-6-14(12-16)13-17(20)19(11-10-18)15-7-3-2-4-8-15/h5-6,9,12,15H,2-4,7-8,10-11,13,18H2,1H3. The highest BCUT2D eigenvalue weighted by Gasteiger charge is 2.24. The lowest BCUT2D eigenvalue weighted by atomic mass is 9.93. The lowest BCUT2D eigenvalue weighted by Crippen LogP contribution is -2.44. The van der Waals surface area contributed by atoms with E-state index in [4.69, 9.17) is 10.5 Å². The Morgan fingerprint density at radius 1 is 1.33 bits per heavy atom. The van der Waals surface area contributed by atoms with Gasteiger partial charge in [-0.15, -0.1) is 0 Å². The second-order valence-corrected chi connectivity index (χ2v) is 5.70. The summed E-state index contributed by atoms with van der Waals surface area (Å²) < 4.78 is 5.22. The third-order valence-corrected chi connectivity index (χ3v) is 4.20. The van der Waals surface area contributed by atoms with Crippen LogP contribution >= 0.6 is 0 Å². The van der Waals surface area contributed by atoms with E-state index in [1.807, 2.05) is 29.2 Å². The molecule has 1 amide bonds. The fourth-order valence-corrected chi connectivity index (χ4v) is 3.10. The van der Waals surface area contributed by atoms with Gasteiger partial charge in [-0.05, 0) is 30.5 Å². The molecule has 1 aliphatic carbocycles. The topological polar surface area (TPSA) is 55.6 Å². The molecule has 21 heavy (non-hydrogen) atoms. The minimum atomic E-state index is 0.181. The number of hydrogen-bond acceptors (Lipinski definition) is 3. The fourth-order valence-electron chi connectivity index (χ4n) is 3.10. The van der Waals surface area contributed by atoms with E-state index in [1.165, 1.54) is 19.3 Å². The summed E-state index contributed by atoms with van der Waals surface area (Å²) in [4.78, 5) is 14.6. The van der Waals surface area contributed by atoms with Crippen molar-refractivity contribution in [3.63, 3.8) is 0 Å². The molecule has 4 heteroatoms. The molecule has 0 radical (unpaired) electrons. The molecule has 2 N–H and O–H groups in total. The number of hydrogen-bond donors (Lipinski definition) is 1. The molecule has 0 bridgehead atoms. The lowest BCUT2D eigenvalue weighted by Gasteiger charge is -2.34. The van der Waals surface area contributed by atoms with Gasteiger partial charge in [0.1, 0.15) is 5.75 Å². The Balaban J connectivity index is 2.03. The molecular weight excluding hydrogens is 264 g/mol. The first-order valence-corrected chi connectivity index (χ1v) is 7.87. The average Bonchev–Trinajstić information content (AvgIpc) is 2.53. The molecule has 4 nitrogen and oxygen atoms in total. The Hall–Kier alpha value is -1.55. The van der Waals surface area contributed by atoms with E-state index in [0.29, 0.717) is 25.6 Å². The van der Waals surface area contributed by atoms with Crippen molar-refractivity contribution in [3.8, 4) is 5.75 Å². The summed E-state index contributed by atoms with van der Waals surface area (Å²) in [6.07, 6.45) is 6.38. The van der Waals surface area contributed by atoms with Crippen molar-refractivity contribution in [1.29, 1.82) is 0 Å². The normalized spacial score (nSPS) is 15.7. The zero-order chi connectivity index (χ0) is 15.1. The molecular formula is C17H26N2O2. The minimum Gasteiger partial charge on any atom is -0.497 e. The maximum absolute atomic E-state index is 12.6. The highest BCUT2D eigenvalue weighted by molar-refractivity contribution is 5.79. The van der Waals surface area contributed by atoms with Crippen LogP contribution in [0.5, 0.6) is 5.75 Å². The van der Waals surface area contributed by atoms with Gasteiger partial charge in [0.15, 0.2) is 0 Å². The number of carbonyl (C=O) groups is 1. The van der Waals surface area contributed by atoms with E-state index < -0.39 is 0 Å². The minimum absolute atomic E-state index is 0.181. The van der Waals surface area contributed by atoms with E-state index in [2.05, 4.69) is 0 Å². The van der Waals surface area contributed by atoms with E-state index >= 15 is 0 Å². The number of benzene rings is 1. The van der Waals surface area contributed by atoms with Crippen molar-refractivity contribution in [2.45, 2.75) is 44.6 Å². The molecule has 0 aliphatic heterocycles. The van der Waals surface area contributed by atoms with Gasteiger partial charge in [0, 0.05) is 19.1 Å². The number of rotatable bonds is 6. The molecule has 0 unspecified atom stereocenters. The Morgan fingerprint density at radius 3 is 2.76 bits per heavy atom. The van der Waals surface area contributed by atoms with Crippen LogP contribution in [0.15, 0.2) is 24.3 Å². The number of carbonyl (C=O) groups excluding carboxylic acids is 1. The number of ether oxygens (including phenoxy) is 1. The van der Waals surface area contributed by atoms with E-state index in [1.54, 1.807) is 7.11 Å². The molecule has 0 spiro atoms. The van der Waals surface area contributed by atoms with Gasteiger partial charge < -0.3 is 15.4 Å². The fraction of sp³-hybridized carbons (Fsp3) is 0.588. The van der Waals surface area contributed by atoms with Gasteiger partial charge in [-0.25, -0.2) is 0 Å². The van der Waals surface area contributed by atoms with Crippen LogP contribution < -0.4 is 10.5 Å². The van der Waals surface area contributed by atoms with Crippen LogP contribution in [0.4, 0.5) is 0 Å². The van der Waals surface area contributed by atoms with Crippen LogP contribution in [0.3, 0.4) is 0 Å². The summed E-state index contributed by atoms with van der Waals surface area (Å²) in [7, 11) is 1.64. The van der Waals surface area contributed by atoms with Gasteiger partial charge in [-0.2, -0.15) is 0 Å². The first kappa shape index (κ1) is 15.8. The number of nitrogens with two attached hydrogens (primary N) is 1. The summed E-state index contributed by atoms with van der Waals surface area (Å²) in [6.45, 7) is 1.19. The second kappa shape index (κ2) is 8.03. The SMILES string of the molecule is COc1cccc(CC(=O)N(CCN)C2CCCCC2)c1. The Morgan fingerprint density at radius 2 is 2.10 bits per heavy atom. The Labute approximate surface area is 127 Å². The van der Waals surface area contributed by atoms with Gasteiger partial charge in [0.2, 0.25) is 5.91 Å². The predicted molar refractivity (Wildman–Crippen MR) is 84.3 cm³/mol. The largest absolute Gasteiger partial charge is 0.497 e. The van der Waals surface area contributed by atoms with Gasteiger partial charge in [-0.3, -0.25) is 4.79 Å². The number of nitrogens with zero attached hydrogens (tertiary/aromatic N) is 1. The highest BCUT2D eigenvalue weighted by Crippen LogP contribution is 2.23. The first-order valence-electron chi connectivity index (χ1n) is 7.87. The molecule has 1 fully saturated rings. The zero-order valence-electron chi connectivity index (χ0n) is 12.9. The molecule has 1 aromatic rings. The van der Waals surface area contributed by atoms with Crippen LogP contribution in [-0.2, 0) is 11.2 Å². The van der Waals surface area contributed by atoms with Crippen molar-refractivity contribution in [2.24, 2.45) is 5.73 Å². The Kier molecular flexibility index (Phi) is 6.05. The van der Waals surface area contributed by atoms with Gasteiger partial charge in [0.25, 0.3) is 0 Å². The van der Waals surface area contributed by atoms with Crippen molar-refractivity contribution >= 4 is 5.91 Å². The van der Waals surface area contributed by atoms with E-state index in [-0.39, 0.29) is 5.91 Å². The maximum Gasteiger partial charge on any atom is 0.227 e. The molecule has 116 valence electrons. The van der Waals surface area contributed by atoms with E-state index in [0.717, 1.165) is 24.2 Å². The molecule has 1 aliphatic rings. The van der Waals surface area contributed by atoms with Crippen molar-refractivity contribution in [2.75, 3.05) is 20.2 Å². The summed E-state index contributed by atoms with van der Waals surface area (Å²) in [5.41, 5.74) is 6.70. The summed E-state index contributed by atoms with van der Waals surface area (Å²) in [5.74, 6) is 0.976. The molecule has 0 atom stereocenters. The van der Waals surface area contributed by atoms with Crippen LogP contribution in [-0.4, -0.2) is 37.0 Å².